The lowest BCUT2D eigenvalue weighted by atomic mass is 9.73. The van der Waals surface area contributed by atoms with Crippen molar-refractivity contribution in [3.05, 3.63) is 29.3 Å². The van der Waals surface area contributed by atoms with E-state index in [4.69, 9.17) is 9.47 Å². The van der Waals surface area contributed by atoms with E-state index in [1.165, 1.54) is 5.56 Å². The smallest absolute Gasteiger partial charge is 0.317 e. The molecular formula is C22H33FN2O3. The Morgan fingerprint density at radius 1 is 1.39 bits per heavy atom. The van der Waals surface area contributed by atoms with Crippen LogP contribution < -0.4 is 10.1 Å². The summed E-state index contributed by atoms with van der Waals surface area (Å²) in [5.74, 6) is 1.14. The van der Waals surface area contributed by atoms with E-state index in [1.54, 1.807) is 7.11 Å². The summed E-state index contributed by atoms with van der Waals surface area (Å²) in [7, 11) is 1.69. The molecule has 1 unspecified atom stereocenters. The first-order valence-electron chi connectivity index (χ1n) is 10.4. The highest BCUT2D eigenvalue weighted by atomic mass is 19.1. The number of hydrogen-bond acceptors (Lipinski definition) is 3. The second-order valence-corrected chi connectivity index (χ2v) is 8.19. The normalized spacial score (nSPS) is 22.0. The van der Waals surface area contributed by atoms with Crippen molar-refractivity contribution in [2.45, 2.75) is 44.4 Å². The number of nitrogens with zero attached hydrogens (tertiary/aromatic N) is 1. The van der Waals surface area contributed by atoms with Gasteiger partial charge in [-0.3, -0.25) is 4.39 Å². The number of carbonyl (C=O) groups is 1. The molecule has 3 rings (SSSR count). The van der Waals surface area contributed by atoms with Gasteiger partial charge in [-0.05, 0) is 51.0 Å². The molecule has 0 saturated carbocycles. The zero-order valence-electron chi connectivity index (χ0n) is 17.1. The van der Waals surface area contributed by atoms with Crippen molar-refractivity contribution in [1.82, 2.24) is 10.2 Å². The van der Waals surface area contributed by atoms with Gasteiger partial charge in [0.05, 0.1) is 13.8 Å². The third kappa shape index (κ3) is 4.77. The molecule has 2 fully saturated rings. The number of rotatable bonds is 6. The average Bonchev–Trinajstić information content (AvgIpc) is 2.73. The number of hydrogen-bond donors (Lipinski definition) is 1. The number of piperidine rings is 1. The molecule has 1 aromatic rings. The minimum absolute atomic E-state index is 0.0407. The van der Waals surface area contributed by atoms with Gasteiger partial charge in [0.15, 0.2) is 0 Å². The fraction of sp³-hybridized carbons (Fsp3) is 0.682. The van der Waals surface area contributed by atoms with Crippen LogP contribution in [0.3, 0.4) is 0 Å². The number of carbonyl (C=O) groups excluding carboxylic acids is 1. The third-order valence-corrected chi connectivity index (χ3v) is 6.28. The number of methoxy groups -OCH3 is 1. The first-order chi connectivity index (χ1) is 13.6. The number of halogens is 1. The molecule has 156 valence electrons. The number of urea groups is 1. The van der Waals surface area contributed by atoms with Gasteiger partial charge in [0.1, 0.15) is 5.75 Å². The van der Waals surface area contributed by atoms with Gasteiger partial charge in [-0.2, -0.15) is 0 Å². The number of ether oxygens (including phenoxy) is 2. The van der Waals surface area contributed by atoms with Gasteiger partial charge in [-0.15, -0.1) is 0 Å². The van der Waals surface area contributed by atoms with Crippen molar-refractivity contribution in [3.8, 4) is 5.75 Å². The molecule has 28 heavy (non-hydrogen) atoms. The van der Waals surface area contributed by atoms with Crippen LogP contribution in [0, 0.1) is 12.8 Å². The molecule has 0 spiro atoms. The summed E-state index contributed by atoms with van der Waals surface area (Å²) in [6.45, 7) is 5.08. The molecule has 2 heterocycles. The minimum Gasteiger partial charge on any atom is -0.496 e. The highest BCUT2D eigenvalue weighted by Gasteiger charge is 2.38. The summed E-state index contributed by atoms with van der Waals surface area (Å²) in [4.78, 5) is 14.7. The Balaban J connectivity index is 1.73. The monoisotopic (exact) mass is 392 g/mol. The van der Waals surface area contributed by atoms with Crippen LogP contribution in [0.15, 0.2) is 18.2 Å². The summed E-state index contributed by atoms with van der Waals surface area (Å²) < 4.78 is 24.0. The second-order valence-electron chi connectivity index (χ2n) is 8.19. The van der Waals surface area contributed by atoms with Crippen LogP contribution in [-0.4, -0.2) is 57.6 Å². The van der Waals surface area contributed by atoms with Gasteiger partial charge in [0.25, 0.3) is 0 Å². The Morgan fingerprint density at radius 2 is 2.18 bits per heavy atom. The highest BCUT2D eigenvalue weighted by molar-refractivity contribution is 5.74. The van der Waals surface area contributed by atoms with Crippen LogP contribution in [0.4, 0.5) is 9.18 Å². The molecule has 2 saturated heterocycles. The van der Waals surface area contributed by atoms with Gasteiger partial charge >= 0.3 is 6.03 Å². The van der Waals surface area contributed by atoms with E-state index in [2.05, 4.69) is 18.3 Å². The maximum atomic E-state index is 12.8. The summed E-state index contributed by atoms with van der Waals surface area (Å²) in [6.07, 6.45) is 4.19. The number of amides is 2. The Morgan fingerprint density at radius 3 is 2.89 bits per heavy atom. The summed E-state index contributed by atoms with van der Waals surface area (Å²) >= 11 is 0. The van der Waals surface area contributed by atoms with Gasteiger partial charge in [-0.1, -0.05) is 17.7 Å². The lowest BCUT2D eigenvalue weighted by Gasteiger charge is -2.40. The molecular weight excluding hydrogens is 359 g/mol. The van der Waals surface area contributed by atoms with Crippen molar-refractivity contribution in [1.29, 1.82) is 0 Å². The van der Waals surface area contributed by atoms with Crippen LogP contribution >= 0.6 is 0 Å². The highest BCUT2D eigenvalue weighted by Crippen LogP contribution is 2.40. The molecule has 0 aliphatic carbocycles. The zero-order chi connectivity index (χ0) is 20.0. The molecule has 2 aliphatic heterocycles. The fourth-order valence-electron chi connectivity index (χ4n) is 4.54. The molecule has 0 radical (unpaired) electrons. The van der Waals surface area contributed by atoms with E-state index in [1.807, 2.05) is 17.0 Å². The maximum absolute atomic E-state index is 12.8. The fourth-order valence-corrected chi connectivity index (χ4v) is 4.54. The molecule has 2 aliphatic rings. The van der Waals surface area contributed by atoms with E-state index in [0.717, 1.165) is 43.5 Å². The van der Waals surface area contributed by atoms with Crippen LogP contribution in [0.2, 0.25) is 0 Å². The molecule has 2 amide bonds. The number of likely N-dealkylation sites (tertiary alicyclic amines) is 1. The van der Waals surface area contributed by atoms with E-state index < -0.39 is 0 Å². The molecule has 1 aromatic carbocycles. The van der Waals surface area contributed by atoms with Crippen LogP contribution in [-0.2, 0) is 10.2 Å². The van der Waals surface area contributed by atoms with Crippen molar-refractivity contribution in [2.75, 3.05) is 46.6 Å². The molecule has 0 aromatic heterocycles. The van der Waals surface area contributed by atoms with Crippen molar-refractivity contribution in [3.63, 3.8) is 0 Å². The standard InChI is InChI=1S/C22H33FN2O3/c1-17-5-6-20(27-2)19(14-17)22(8-12-28-13-9-22)16-24-21(26)25-11-3-4-18(15-25)7-10-23/h5-6,14,18H,3-4,7-13,15-16H2,1-2H3,(H,24,26). The van der Waals surface area contributed by atoms with E-state index in [0.29, 0.717) is 32.7 Å². The molecule has 0 bridgehead atoms. The Kier molecular flexibility index (Phi) is 7.16. The second kappa shape index (κ2) is 9.59. The predicted octanol–water partition coefficient (Wildman–Crippen LogP) is 3.83. The molecule has 1 atom stereocenters. The van der Waals surface area contributed by atoms with Crippen molar-refractivity contribution >= 4 is 6.03 Å². The largest absolute Gasteiger partial charge is 0.496 e. The lowest BCUT2D eigenvalue weighted by molar-refractivity contribution is 0.0489. The summed E-state index contributed by atoms with van der Waals surface area (Å²) in [6, 6.07) is 6.19. The van der Waals surface area contributed by atoms with Gasteiger partial charge in [-0.25, -0.2) is 4.79 Å². The number of alkyl halides is 1. The number of benzene rings is 1. The summed E-state index contributed by atoms with van der Waals surface area (Å²) in [5.41, 5.74) is 2.13. The van der Waals surface area contributed by atoms with Gasteiger partial charge in [0, 0.05) is 43.8 Å². The average molecular weight is 393 g/mol. The predicted molar refractivity (Wildman–Crippen MR) is 108 cm³/mol. The quantitative estimate of drug-likeness (QED) is 0.800. The van der Waals surface area contributed by atoms with E-state index in [9.17, 15) is 9.18 Å². The molecule has 5 nitrogen and oxygen atoms in total. The maximum Gasteiger partial charge on any atom is 0.317 e. The molecule has 6 heteroatoms. The van der Waals surface area contributed by atoms with Crippen LogP contribution in [0.1, 0.15) is 43.2 Å². The van der Waals surface area contributed by atoms with E-state index in [-0.39, 0.29) is 24.0 Å². The first-order valence-corrected chi connectivity index (χ1v) is 10.4. The first kappa shape index (κ1) is 20.9. The van der Waals surface area contributed by atoms with Gasteiger partial charge in [0.2, 0.25) is 0 Å². The zero-order valence-corrected chi connectivity index (χ0v) is 17.1. The SMILES string of the molecule is COc1ccc(C)cc1C1(CNC(=O)N2CCCC(CCF)C2)CCOCC1. The van der Waals surface area contributed by atoms with Crippen molar-refractivity contribution < 1.29 is 18.7 Å². The van der Waals surface area contributed by atoms with Crippen molar-refractivity contribution in [2.24, 2.45) is 5.92 Å². The number of aryl methyl sites for hydroxylation is 1. The third-order valence-electron chi connectivity index (χ3n) is 6.28. The number of nitrogens with one attached hydrogen (secondary N) is 1. The Bertz CT molecular complexity index is 659. The topological polar surface area (TPSA) is 50.8 Å². The van der Waals surface area contributed by atoms with E-state index >= 15 is 0 Å². The van der Waals surface area contributed by atoms with Crippen LogP contribution in [0.25, 0.3) is 0 Å². The minimum atomic E-state index is -0.309. The Labute approximate surface area is 167 Å². The van der Waals surface area contributed by atoms with Gasteiger partial charge < -0.3 is 19.7 Å². The van der Waals surface area contributed by atoms with Crippen LogP contribution in [0.5, 0.6) is 5.75 Å². The molecule has 1 N–H and O–H groups in total. The summed E-state index contributed by atoms with van der Waals surface area (Å²) in [5, 5.41) is 3.18. The Hall–Kier alpha value is -1.82. The lowest BCUT2D eigenvalue weighted by Crippen LogP contribution is -2.50.